The fourth-order valence-electron chi connectivity index (χ4n) is 1.41. The maximum absolute atomic E-state index is 11.1. The van der Waals surface area contributed by atoms with Crippen molar-refractivity contribution in [2.24, 2.45) is 0 Å². The van der Waals surface area contributed by atoms with Gasteiger partial charge in [-0.1, -0.05) is 15.9 Å². The molecule has 10 heavy (non-hydrogen) atoms. The summed E-state index contributed by atoms with van der Waals surface area (Å²) in [7, 11) is 2.01. The van der Waals surface area contributed by atoms with Crippen LogP contribution >= 0.6 is 15.9 Å². The minimum Gasteiger partial charge on any atom is -0.297 e. The number of hydrogen-bond acceptors (Lipinski definition) is 2. The van der Waals surface area contributed by atoms with E-state index in [9.17, 15) is 4.79 Å². The van der Waals surface area contributed by atoms with Crippen LogP contribution in [0.1, 0.15) is 12.8 Å². The SMILES string of the molecule is CN1CCCC1C(=O)CBr. The van der Waals surface area contributed by atoms with E-state index in [2.05, 4.69) is 20.8 Å². The predicted octanol–water partition coefficient (Wildman–Crippen LogP) is 1.04. The van der Waals surface area contributed by atoms with E-state index in [-0.39, 0.29) is 6.04 Å². The molecule has 1 unspecified atom stereocenters. The standard InChI is InChI=1S/C7H12BrNO/c1-9-4-2-3-6(9)7(10)5-8/h6H,2-5H2,1H3. The summed E-state index contributed by atoms with van der Waals surface area (Å²) in [5, 5.41) is 0.502. The molecule has 58 valence electrons. The lowest BCUT2D eigenvalue weighted by Crippen LogP contribution is -2.33. The molecular formula is C7H12BrNO. The van der Waals surface area contributed by atoms with Gasteiger partial charge in [0.05, 0.1) is 11.4 Å². The Morgan fingerprint density at radius 2 is 2.50 bits per heavy atom. The van der Waals surface area contributed by atoms with E-state index in [0.717, 1.165) is 13.0 Å². The molecule has 0 aromatic heterocycles. The van der Waals surface area contributed by atoms with E-state index >= 15 is 0 Å². The molecule has 0 aliphatic carbocycles. The Bertz CT molecular complexity index is 138. The number of hydrogen-bond donors (Lipinski definition) is 0. The minimum atomic E-state index is 0.194. The van der Waals surface area contributed by atoms with Crippen LogP contribution in [0.25, 0.3) is 0 Å². The normalized spacial score (nSPS) is 27.2. The molecule has 0 radical (unpaired) electrons. The summed E-state index contributed by atoms with van der Waals surface area (Å²) in [6.45, 7) is 1.07. The zero-order valence-corrected chi connectivity index (χ0v) is 7.73. The third kappa shape index (κ3) is 1.58. The van der Waals surface area contributed by atoms with Crippen LogP contribution in [0.3, 0.4) is 0 Å². The Hall–Kier alpha value is 0.110. The molecule has 1 saturated heterocycles. The Morgan fingerprint density at radius 3 is 2.90 bits per heavy atom. The second-order valence-electron chi connectivity index (χ2n) is 2.74. The fourth-order valence-corrected chi connectivity index (χ4v) is 1.78. The van der Waals surface area contributed by atoms with Crippen LogP contribution < -0.4 is 0 Å². The van der Waals surface area contributed by atoms with Gasteiger partial charge in [0.25, 0.3) is 0 Å². The first-order valence-corrected chi connectivity index (χ1v) is 4.66. The van der Waals surface area contributed by atoms with Gasteiger partial charge in [0.15, 0.2) is 5.78 Å². The molecule has 0 saturated carbocycles. The van der Waals surface area contributed by atoms with Crippen LogP contribution in [0.2, 0.25) is 0 Å². The van der Waals surface area contributed by atoms with Crippen molar-refractivity contribution in [3.63, 3.8) is 0 Å². The topological polar surface area (TPSA) is 20.3 Å². The third-order valence-corrected chi connectivity index (χ3v) is 2.58. The number of nitrogens with zero attached hydrogens (tertiary/aromatic N) is 1. The smallest absolute Gasteiger partial charge is 0.160 e. The van der Waals surface area contributed by atoms with Crippen LogP contribution in [0.15, 0.2) is 0 Å². The fraction of sp³-hybridized carbons (Fsp3) is 0.857. The second-order valence-corrected chi connectivity index (χ2v) is 3.30. The van der Waals surface area contributed by atoms with Gasteiger partial charge in [0.2, 0.25) is 0 Å². The van der Waals surface area contributed by atoms with Gasteiger partial charge < -0.3 is 0 Å². The van der Waals surface area contributed by atoms with Crippen LogP contribution in [-0.2, 0) is 4.79 Å². The molecule has 0 aromatic carbocycles. The van der Waals surface area contributed by atoms with E-state index < -0.39 is 0 Å². The van der Waals surface area contributed by atoms with Crippen LogP contribution in [0.4, 0.5) is 0 Å². The number of carbonyl (C=O) groups is 1. The van der Waals surface area contributed by atoms with E-state index in [1.54, 1.807) is 0 Å². The summed E-state index contributed by atoms with van der Waals surface area (Å²) in [6.07, 6.45) is 2.21. The molecule has 1 rings (SSSR count). The number of ketones is 1. The van der Waals surface area contributed by atoms with E-state index in [0.29, 0.717) is 11.1 Å². The molecule has 1 fully saturated rings. The summed E-state index contributed by atoms with van der Waals surface area (Å²) < 4.78 is 0. The minimum absolute atomic E-state index is 0.194. The van der Waals surface area contributed by atoms with Crippen LogP contribution in [0.5, 0.6) is 0 Å². The molecule has 0 bridgehead atoms. The first-order valence-electron chi connectivity index (χ1n) is 3.54. The number of Topliss-reactive ketones (excluding diaryl/α,β-unsaturated/α-hetero) is 1. The van der Waals surface area contributed by atoms with Crippen molar-refractivity contribution >= 4 is 21.7 Å². The van der Waals surface area contributed by atoms with Gasteiger partial charge in [-0.3, -0.25) is 9.69 Å². The molecule has 0 spiro atoms. The van der Waals surface area contributed by atoms with Crippen LogP contribution in [-0.4, -0.2) is 35.6 Å². The monoisotopic (exact) mass is 205 g/mol. The number of halogens is 1. The molecule has 1 heterocycles. The predicted molar refractivity (Wildman–Crippen MR) is 44.5 cm³/mol. The van der Waals surface area contributed by atoms with Crippen molar-refractivity contribution in [1.82, 2.24) is 4.90 Å². The van der Waals surface area contributed by atoms with Crippen molar-refractivity contribution in [1.29, 1.82) is 0 Å². The molecule has 1 atom stereocenters. The van der Waals surface area contributed by atoms with Gasteiger partial charge in [0.1, 0.15) is 0 Å². The Balaban J connectivity index is 2.46. The lowest BCUT2D eigenvalue weighted by molar-refractivity contribution is -0.120. The second kappa shape index (κ2) is 3.49. The number of rotatable bonds is 2. The highest BCUT2D eigenvalue weighted by Gasteiger charge is 2.26. The average Bonchev–Trinajstić information content (AvgIpc) is 2.34. The summed E-state index contributed by atoms with van der Waals surface area (Å²) in [5.74, 6) is 0.319. The largest absolute Gasteiger partial charge is 0.297 e. The summed E-state index contributed by atoms with van der Waals surface area (Å²) in [5.41, 5.74) is 0. The van der Waals surface area contributed by atoms with E-state index in [4.69, 9.17) is 0 Å². The first kappa shape index (κ1) is 8.21. The summed E-state index contributed by atoms with van der Waals surface area (Å²) >= 11 is 3.18. The van der Waals surface area contributed by atoms with Gasteiger partial charge >= 0.3 is 0 Å². The summed E-state index contributed by atoms with van der Waals surface area (Å²) in [4.78, 5) is 13.3. The molecule has 0 N–H and O–H groups in total. The quantitative estimate of drug-likeness (QED) is 0.629. The van der Waals surface area contributed by atoms with E-state index in [1.807, 2.05) is 7.05 Å². The zero-order chi connectivity index (χ0) is 7.56. The highest BCUT2D eigenvalue weighted by atomic mass is 79.9. The number of likely N-dealkylation sites (N-methyl/N-ethyl adjacent to an activating group) is 1. The molecule has 3 heteroatoms. The molecule has 0 amide bonds. The molecule has 1 aliphatic heterocycles. The van der Waals surface area contributed by atoms with Gasteiger partial charge in [-0.2, -0.15) is 0 Å². The lowest BCUT2D eigenvalue weighted by atomic mass is 10.1. The highest BCUT2D eigenvalue weighted by molar-refractivity contribution is 9.09. The number of alkyl halides is 1. The number of likely N-dealkylation sites (tertiary alicyclic amines) is 1. The Morgan fingerprint density at radius 1 is 1.80 bits per heavy atom. The molecular weight excluding hydrogens is 194 g/mol. The van der Waals surface area contributed by atoms with Crippen molar-refractivity contribution in [2.45, 2.75) is 18.9 Å². The maximum atomic E-state index is 11.1. The van der Waals surface area contributed by atoms with Crippen molar-refractivity contribution < 1.29 is 4.79 Å². The average molecular weight is 206 g/mol. The Labute approximate surface area is 69.7 Å². The van der Waals surface area contributed by atoms with Crippen molar-refractivity contribution in [3.05, 3.63) is 0 Å². The van der Waals surface area contributed by atoms with Gasteiger partial charge in [-0.15, -0.1) is 0 Å². The highest BCUT2D eigenvalue weighted by Crippen LogP contribution is 2.15. The van der Waals surface area contributed by atoms with Crippen molar-refractivity contribution in [3.8, 4) is 0 Å². The molecule has 0 aromatic rings. The maximum Gasteiger partial charge on any atom is 0.160 e. The van der Waals surface area contributed by atoms with Gasteiger partial charge in [-0.25, -0.2) is 0 Å². The third-order valence-electron chi connectivity index (χ3n) is 2.02. The van der Waals surface area contributed by atoms with Gasteiger partial charge in [-0.05, 0) is 26.4 Å². The Kier molecular flexibility index (Phi) is 2.86. The van der Waals surface area contributed by atoms with Crippen LogP contribution in [0, 0.1) is 0 Å². The zero-order valence-electron chi connectivity index (χ0n) is 6.14. The number of carbonyl (C=O) groups excluding carboxylic acids is 1. The first-order chi connectivity index (χ1) is 4.75. The van der Waals surface area contributed by atoms with E-state index in [1.165, 1.54) is 6.42 Å². The molecule has 2 nitrogen and oxygen atoms in total. The molecule has 1 aliphatic rings. The summed E-state index contributed by atoms with van der Waals surface area (Å²) in [6, 6.07) is 0.194. The van der Waals surface area contributed by atoms with Crippen molar-refractivity contribution in [2.75, 3.05) is 18.9 Å². The lowest BCUT2D eigenvalue weighted by Gasteiger charge is -2.16. The van der Waals surface area contributed by atoms with Gasteiger partial charge in [0, 0.05) is 0 Å².